The fourth-order valence-corrected chi connectivity index (χ4v) is 2.72. The van der Waals surface area contributed by atoms with E-state index in [0.717, 1.165) is 29.8 Å². The Morgan fingerprint density at radius 1 is 1.33 bits per heavy atom. The van der Waals surface area contributed by atoms with E-state index in [9.17, 15) is 4.79 Å². The van der Waals surface area contributed by atoms with E-state index in [0.29, 0.717) is 19.5 Å². The molecular formula is C16H20N4O. The number of aromatic nitrogens is 1. The van der Waals surface area contributed by atoms with E-state index in [-0.39, 0.29) is 5.91 Å². The summed E-state index contributed by atoms with van der Waals surface area (Å²) >= 11 is 0. The highest BCUT2D eigenvalue weighted by Crippen LogP contribution is 2.24. The summed E-state index contributed by atoms with van der Waals surface area (Å²) in [5.41, 5.74) is 2.17. The summed E-state index contributed by atoms with van der Waals surface area (Å²) in [6.45, 7) is 2.96. The molecule has 1 aliphatic heterocycles. The van der Waals surface area contributed by atoms with Gasteiger partial charge in [-0.25, -0.2) is 4.98 Å². The molecule has 0 radical (unpaired) electrons. The largest absolute Gasteiger partial charge is 0.354 e. The Bertz CT molecular complexity index is 656. The number of carbonyl (C=O) groups is 1. The van der Waals surface area contributed by atoms with Crippen LogP contribution in [0.5, 0.6) is 0 Å². The van der Waals surface area contributed by atoms with Crippen molar-refractivity contribution < 1.29 is 4.79 Å². The molecule has 0 aliphatic carbocycles. The number of nitrogens with one attached hydrogen (secondary N) is 2. The van der Waals surface area contributed by atoms with Crippen LogP contribution in [0.4, 0.5) is 5.82 Å². The summed E-state index contributed by atoms with van der Waals surface area (Å²) in [6, 6.07) is 10.3. The van der Waals surface area contributed by atoms with Crippen LogP contribution in [0.25, 0.3) is 10.9 Å². The van der Waals surface area contributed by atoms with Gasteiger partial charge < -0.3 is 15.5 Å². The van der Waals surface area contributed by atoms with Crippen molar-refractivity contribution >= 4 is 22.6 Å². The first kappa shape index (κ1) is 13.8. The lowest BCUT2D eigenvalue weighted by molar-refractivity contribution is -0.120. The third-order valence-corrected chi connectivity index (χ3v) is 3.76. The second kappa shape index (κ2) is 6.10. The maximum Gasteiger partial charge on any atom is 0.221 e. The van der Waals surface area contributed by atoms with Gasteiger partial charge in [0.1, 0.15) is 5.82 Å². The molecule has 1 saturated heterocycles. The van der Waals surface area contributed by atoms with E-state index < -0.39 is 0 Å². The van der Waals surface area contributed by atoms with Gasteiger partial charge in [-0.3, -0.25) is 4.79 Å². The Morgan fingerprint density at radius 3 is 3.05 bits per heavy atom. The van der Waals surface area contributed by atoms with Crippen molar-refractivity contribution in [1.29, 1.82) is 0 Å². The van der Waals surface area contributed by atoms with Crippen molar-refractivity contribution in [1.82, 2.24) is 15.6 Å². The molecule has 5 nitrogen and oxygen atoms in total. The van der Waals surface area contributed by atoms with Gasteiger partial charge in [0.15, 0.2) is 0 Å². The highest BCUT2D eigenvalue weighted by molar-refractivity contribution is 5.82. The highest BCUT2D eigenvalue weighted by atomic mass is 16.1. The predicted octanol–water partition coefficient (Wildman–Crippen LogP) is 1.28. The van der Waals surface area contributed by atoms with Crippen molar-refractivity contribution in [3.8, 4) is 0 Å². The molecule has 2 heterocycles. The number of anilines is 1. The summed E-state index contributed by atoms with van der Waals surface area (Å²) in [5.74, 6) is 1.10. The number of amides is 1. The van der Waals surface area contributed by atoms with Crippen LogP contribution in [0, 0.1) is 0 Å². The van der Waals surface area contributed by atoms with Crippen molar-refractivity contribution in [3.05, 3.63) is 35.9 Å². The van der Waals surface area contributed by atoms with Gasteiger partial charge in [-0.05, 0) is 19.2 Å². The summed E-state index contributed by atoms with van der Waals surface area (Å²) in [4.78, 5) is 18.5. The molecule has 0 bridgehead atoms. The van der Waals surface area contributed by atoms with E-state index in [1.807, 2.05) is 25.2 Å². The second-order valence-corrected chi connectivity index (χ2v) is 5.28. The Kier molecular flexibility index (Phi) is 4.01. The quantitative estimate of drug-likeness (QED) is 0.891. The molecule has 0 spiro atoms. The Labute approximate surface area is 124 Å². The van der Waals surface area contributed by atoms with Crippen molar-refractivity contribution in [2.45, 2.75) is 13.0 Å². The summed E-state index contributed by atoms with van der Waals surface area (Å²) in [5, 5.41) is 7.26. The normalized spacial score (nSPS) is 15.9. The third kappa shape index (κ3) is 2.97. The average Bonchev–Trinajstić information content (AvgIpc) is 2.72. The van der Waals surface area contributed by atoms with Gasteiger partial charge in [0.25, 0.3) is 0 Å². The smallest absolute Gasteiger partial charge is 0.221 e. The molecule has 21 heavy (non-hydrogen) atoms. The molecule has 0 unspecified atom stereocenters. The second-order valence-electron chi connectivity index (χ2n) is 5.28. The van der Waals surface area contributed by atoms with Gasteiger partial charge in [-0.15, -0.1) is 0 Å². The Hall–Kier alpha value is -2.14. The fourth-order valence-electron chi connectivity index (χ4n) is 2.72. The zero-order chi connectivity index (χ0) is 14.7. The van der Waals surface area contributed by atoms with Crippen LogP contribution in [-0.2, 0) is 11.3 Å². The monoisotopic (exact) mass is 284 g/mol. The van der Waals surface area contributed by atoms with E-state index in [4.69, 9.17) is 4.98 Å². The molecule has 110 valence electrons. The Morgan fingerprint density at radius 2 is 2.19 bits per heavy atom. The lowest BCUT2D eigenvalue weighted by atomic mass is 10.1. The first-order valence-corrected chi connectivity index (χ1v) is 7.33. The standard InChI is InChI=1S/C16H20N4O/c1-17-11-13-10-12-4-2-3-5-14(12)19-16(13)20-8-6-15(21)18-7-9-20/h2-5,10,17H,6-9,11H2,1H3,(H,18,21). The minimum atomic E-state index is 0.119. The van der Waals surface area contributed by atoms with Gasteiger partial charge >= 0.3 is 0 Å². The van der Waals surface area contributed by atoms with Gasteiger partial charge in [0.2, 0.25) is 5.91 Å². The zero-order valence-electron chi connectivity index (χ0n) is 12.2. The molecule has 2 aromatic rings. The van der Waals surface area contributed by atoms with E-state index in [1.165, 1.54) is 5.56 Å². The van der Waals surface area contributed by atoms with Crippen LogP contribution >= 0.6 is 0 Å². The number of fused-ring (bicyclic) bond motifs is 1. The lowest BCUT2D eigenvalue weighted by Crippen LogP contribution is -2.30. The first-order valence-electron chi connectivity index (χ1n) is 7.33. The molecule has 1 aliphatic rings. The van der Waals surface area contributed by atoms with Crippen LogP contribution in [0.1, 0.15) is 12.0 Å². The van der Waals surface area contributed by atoms with Crippen LogP contribution in [-0.4, -0.2) is 37.6 Å². The summed E-state index contributed by atoms with van der Waals surface area (Å²) in [7, 11) is 1.94. The van der Waals surface area contributed by atoms with Gasteiger partial charge in [-0.1, -0.05) is 18.2 Å². The van der Waals surface area contributed by atoms with Gasteiger partial charge in [-0.2, -0.15) is 0 Å². The Balaban J connectivity index is 2.01. The number of hydrogen-bond donors (Lipinski definition) is 2. The molecule has 1 amide bonds. The molecule has 1 aromatic carbocycles. The summed E-state index contributed by atoms with van der Waals surface area (Å²) < 4.78 is 0. The van der Waals surface area contributed by atoms with E-state index in [1.54, 1.807) is 0 Å². The van der Waals surface area contributed by atoms with Crippen molar-refractivity contribution in [2.24, 2.45) is 0 Å². The number of rotatable bonds is 3. The van der Waals surface area contributed by atoms with Crippen molar-refractivity contribution in [2.75, 3.05) is 31.6 Å². The summed E-state index contributed by atoms with van der Waals surface area (Å²) in [6.07, 6.45) is 0.521. The third-order valence-electron chi connectivity index (χ3n) is 3.76. The highest BCUT2D eigenvalue weighted by Gasteiger charge is 2.18. The molecule has 2 N–H and O–H groups in total. The number of pyridine rings is 1. The number of para-hydroxylation sites is 1. The molecule has 5 heteroatoms. The molecular weight excluding hydrogens is 264 g/mol. The molecule has 0 atom stereocenters. The van der Waals surface area contributed by atoms with E-state index >= 15 is 0 Å². The maximum absolute atomic E-state index is 11.5. The molecule has 3 rings (SSSR count). The maximum atomic E-state index is 11.5. The predicted molar refractivity (Wildman–Crippen MR) is 84.3 cm³/mol. The fraction of sp³-hybridized carbons (Fsp3) is 0.375. The van der Waals surface area contributed by atoms with Crippen LogP contribution in [0.2, 0.25) is 0 Å². The van der Waals surface area contributed by atoms with Gasteiger partial charge in [0.05, 0.1) is 5.52 Å². The SMILES string of the molecule is CNCc1cc2ccccc2nc1N1CCNC(=O)CC1. The minimum Gasteiger partial charge on any atom is -0.354 e. The number of benzene rings is 1. The van der Waals surface area contributed by atoms with Crippen molar-refractivity contribution in [3.63, 3.8) is 0 Å². The van der Waals surface area contributed by atoms with E-state index in [2.05, 4.69) is 27.7 Å². The number of nitrogens with zero attached hydrogens (tertiary/aromatic N) is 2. The van der Waals surface area contributed by atoms with Crippen LogP contribution in [0.15, 0.2) is 30.3 Å². The number of hydrogen-bond acceptors (Lipinski definition) is 4. The van der Waals surface area contributed by atoms with Crippen LogP contribution < -0.4 is 15.5 Å². The van der Waals surface area contributed by atoms with Crippen LogP contribution in [0.3, 0.4) is 0 Å². The molecule has 1 aromatic heterocycles. The molecule has 0 saturated carbocycles. The zero-order valence-corrected chi connectivity index (χ0v) is 12.2. The lowest BCUT2D eigenvalue weighted by Gasteiger charge is -2.24. The first-order chi connectivity index (χ1) is 10.3. The number of carbonyl (C=O) groups excluding carboxylic acids is 1. The molecule has 1 fully saturated rings. The topological polar surface area (TPSA) is 57.3 Å². The minimum absolute atomic E-state index is 0.119. The average molecular weight is 284 g/mol. The van der Waals surface area contributed by atoms with Gasteiger partial charge in [0, 0.05) is 43.5 Å².